The molecule has 1 aromatic heterocycles. The van der Waals surface area contributed by atoms with Crippen molar-refractivity contribution in [1.29, 1.82) is 0 Å². The Bertz CT molecular complexity index is 860. The van der Waals surface area contributed by atoms with Gasteiger partial charge in [-0.15, -0.1) is 0 Å². The van der Waals surface area contributed by atoms with Crippen LogP contribution in [0.3, 0.4) is 0 Å². The smallest absolute Gasteiger partial charge is 0.247 e. The van der Waals surface area contributed by atoms with Crippen LogP contribution in [0.5, 0.6) is 5.75 Å². The lowest BCUT2D eigenvalue weighted by Gasteiger charge is -2.29. The summed E-state index contributed by atoms with van der Waals surface area (Å²) in [5, 5.41) is 15.6. The normalized spacial score (nSPS) is 15.6. The molecule has 4 rings (SSSR count). The fraction of sp³-hybridized carbons (Fsp3) is 0.350. The van der Waals surface area contributed by atoms with Crippen LogP contribution in [0.15, 0.2) is 54.6 Å². The van der Waals surface area contributed by atoms with E-state index in [2.05, 4.69) is 37.9 Å². The van der Waals surface area contributed by atoms with Crippen molar-refractivity contribution in [3.63, 3.8) is 0 Å². The molecule has 27 heavy (non-hydrogen) atoms. The predicted octanol–water partition coefficient (Wildman–Crippen LogP) is 2.92. The minimum Gasteiger partial charge on any atom is -0.496 e. The lowest BCUT2D eigenvalue weighted by atomic mass is 10.0. The summed E-state index contributed by atoms with van der Waals surface area (Å²) in [6.07, 6.45) is 2.46. The summed E-state index contributed by atoms with van der Waals surface area (Å²) >= 11 is 0. The Labute approximate surface area is 159 Å². The van der Waals surface area contributed by atoms with E-state index in [1.807, 2.05) is 42.5 Å². The molecular weight excluding hydrogens is 340 g/mol. The van der Waals surface area contributed by atoms with Crippen LogP contribution in [-0.4, -0.2) is 51.9 Å². The van der Waals surface area contributed by atoms with Crippen LogP contribution in [-0.2, 0) is 0 Å². The highest BCUT2D eigenvalue weighted by Crippen LogP contribution is 2.31. The zero-order valence-electron chi connectivity index (χ0n) is 15.5. The Balaban J connectivity index is 1.58. The molecule has 0 radical (unpaired) electrons. The van der Waals surface area contributed by atoms with Gasteiger partial charge in [-0.05, 0) is 54.6 Å². The monoisotopic (exact) mass is 364 g/mol. The summed E-state index contributed by atoms with van der Waals surface area (Å²) < 4.78 is 7.34. The van der Waals surface area contributed by atoms with Gasteiger partial charge in [-0.3, -0.25) is 4.90 Å². The number of aromatic nitrogens is 4. The van der Waals surface area contributed by atoms with E-state index in [0.29, 0.717) is 12.5 Å². The number of anilines is 1. The number of nitrogens with one attached hydrogen (secondary N) is 1. The van der Waals surface area contributed by atoms with Gasteiger partial charge < -0.3 is 10.1 Å². The first-order chi connectivity index (χ1) is 13.4. The van der Waals surface area contributed by atoms with Crippen molar-refractivity contribution < 1.29 is 4.74 Å². The van der Waals surface area contributed by atoms with Crippen LogP contribution in [0, 0.1) is 0 Å². The van der Waals surface area contributed by atoms with Gasteiger partial charge in [-0.1, -0.05) is 41.5 Å². The largest absolute Gasteiger partial charge is 0.496 e. The van der Waals surface area contributed by atoms with Crippen LogP contribution in [0.1, 0.15) is 24.4 Å². The molecule has 0 aliphatic carbocycles. The molecule has 1 N–H and O–H groups in total. The molecule has 2 aromatic carbocycles. The van der Waals surface area contributed by atoms with E-state index in [9.17, 15) is 0 Å². The number of likely N-dealkylation sites (tertiary alicyclic amines) is 1. The highest BCUT2D eigenvalue weighted by atomic mass is 16.5. The van der Waals surface area contributed by atoms with E-state index < -0.39 is 0 Å². The van der Waals surface area contributed by atoms with Gasteiger partial charge in [-0.25, -0.2) is 0 Å². The van der Waals surface area contributed by atoms with Crippen LogP contribution in [0.2, 0.25) is 0 Å². The number of tetrazole rings is 1. The molecule has 1 atom stereocenters. The minimum atomic E-state index is 0.199. The molecule has 0 bridgehead atoms. The third kappa shape index (κ3) is 3.78. The Hall–Kier alpha value is -2.93. The van der Waals surface area contributed by atoms with Crippen molar-refractivity contribution >= 4 is 5.95 Å². The lowest BCUT2D eigenvalue weighted by Crippen LogP contribution is -2.31. The van der Waals surface area contributed by atoms with Gasteiger partial charge in [0.15, 0.2) is 0 Å². The van der Waals surface area contributed by atoms with Crippen molar-refractivity contribution in [2.24, 2.45) is 0 Å². The highest BCUT2D eigenvalue weighted by molar-refractivity contribution is 5.40. The maximum atomic E-state index is 5.62. The number of nitrogens with zero attached hydrogens (tertiary/aromatic N) is 5. The predicted molar refractivity (Wildman–Crippen MR) is 104 cm³/mol. The second-order valence-corrected chi connectivity index (χ2v) is 6.63. The molecule has 1 fully saturated rings. The topological polar surface area (TPSA) is 68.1 Å². The van der Waals surface area contributed by atoms with Gasteiger partial charge in [-0.2, -0.15) is 4.68 Å². The fourth-order valence-corrected chi connectivity index (χ4v) is 3.66. The summed E-state index contributed by atoms with van der Waals surface area (Å²) in [7, 11) is 1.73. The molecule has 0 unspecified atom stereocenters. The second kappa shape index (κ2) is 8.18. The molecule has 2 heterocycles. The van der Waals surface area contributed by atoms with E-state index in [4.69, 9.17) is 4.74 Å². The van der Waals surface area contributed by atoms with Crippen molar-refractivity contribution in [2.45, 2.75) is 18.9 Å². The van der Waals surface area contributed by atoms with E-state index in [-0.39, 0.29) is 6.04 Å². The van der Waals surface area contributed by atoms with Crippen LogP contribution in [0.25, 0.3) is 5.69 Å². The summed E-state index contributed by atoms with van der Waals surface area (Å²) in [6.45, 7) is 2.88. The molecule has 7 heteroatoms. The number of benzene rings is 2. The minimum absolute atomic E-state index is 0.199. The first-order valence-electron chi connectivity index (χ1n) is 9.31. The summed E-state index contributed by atoms with van der Waals surface area (Å²) in [5.74, 6) is 1.55. The molecule has 1 saturated heterocycles. The van der Waals surface area contributed by atoms with Gasteiger partial charge in [0.05, 0.1) is 18.8 Å². The third-order valence-electron chi connectivity index (χ3n) is 5.00. The van der Waals surface area contributed by atoms with Crippen molar-refractivity contribution in [3.05, 3.63) is 60.2 Å². The number of methoxy groups -OCH3 is 1. The van der Waals surface area contributed by atoms with E-state index in [1.54, 1.807) is 11.8 Å². The molecule has 0 saturated carbocycles. The second-order valence-electron chi connectivity index (χ2n) is 6.63. The van der Waals surface area contributed by atoms with Gasteiger partial charge in [0, 0.05) is 12.1 Å². The highest BCUT2D eigenvalue weighted by Gasteiger charge is 2.26. The number of para-hydroxylation sites is 2. The van der Waals surface area contributed by atoms with E-state index in [0.717, 1.165) is 24.5 Å². The Morgan fingerprint density at radius 3 is 2.56 bits per heavy atom. The Morgan fingerprint density at radius 2 is 1.78 bits per heavy atom. The molecule has 0 amide bonds. The molecule has 140 valence electrons. The summed E-state index contributed by atoms with van der Waals surface area (Å²) in [6, 6.07) is 18.3. The average Bonchev–Trinajstić information content (AvgIpc) is 3.41. The molecule has 3 aromatic rings. The SMILES string of the molecule is COc1ccccc1[C@@H](CNc1nnnn1-c1ccccc1)N1CCCC1. The van der Waals surface area contributed by atoms with Crippen molar-refractivity contribution in [3.8, 4) is 11.4 Å². The van der Waals surface area contributed by atoms with Gasteiger partial charge in [0.2, 0.25) is 5.95 Å². The van der Waals surface area contributed by atoms with Crippen LogP contribution >= 0.6 is 0 Å². The maximum absolute atomic E-state index is 5.62. The molecule has 7 nitrogen and oxygen atoms in total. The first kappa shape index (κ1) is 17.5. The quantitative estimate of drug-likeness (QED) is 0.695. The van der Waals surface area contributed by atoms with E-state index >= 15 is 0 Å². The Kier molecular flexibility index (Phi) is 5.29. The molecular formula is C20H24N6O. The fourth-order valence-electron chi connectivity index (χ4n) is 3.66. The molecule has 1 aliphatic rings. The Morgan fingerprint density at radius 1 is 1.04 bits per heavy atom. The standard InChI is InChI=1S/C20H24N6O/c1-27-19-12-6-5-11-17(19)18(25-13-7-8-14-25)15-21-20-22-23-24-26(20)16-9-3-2-4-10-16/h2-6,9-12,18H,7-8,13-15H2,1H3,(H,21,22,24)/t18-/m1/s1. The number of ether oxygens (including phenoxy) is 1. The first-order valence-corrected chi connectivity index (χ1v) is 9.31. The summed E-state index contributed by atoms with van der Waals surface area (Å²) in [4.78, 5) is 2.50. The molecule has 0 spiro atoms. The van der Waals surface area contributed by atoms with Crippen LogP contribution < -0.4 is 10.1 Å². The molecule has 1 aliphatic heterocycles. The average molecular weight is 364 g/mol. The van der Waals surface area contributed by atoms with Gasteiger partial charge in [0.25, 0.3) is 0 Å². The van der Waals surface area contributed by atoms with Gasteiger partial charge in [0.1, 0.15) is 5.75 Å². The number of hydrogen-bond donors (Lipinski definition) is 1. The summed E-state index contributed by atoms with van der Waals surface area (Å²) in [5.41, 5.74) is 2.12. The lowest BCUT2D eigenvalue weighted by molar-refractivity contribution is 0.249. The zero-order valence-corrected chi connectivity index (χ0v) is 15.5. The van der Waals surface area contributed by atoms with Crippen molar-refractivity contribution in [1.82, 2.24) is 25.1 Å². The van der Waals surface area contributed by atoms with Crippen LogP contribution in [0.4, 0.5) is 5.95 Å². The number of hydrogen-bond acceptors (Lipinski definition) is 6. The third-order valence-corrected chi connectivity index (χ3v) is 5.00. The van der Waals surface area contributed by atoms with Gasteiger partial charge >= 0.3 is 0 Å². The van der Waals surface area contributed by atoms with Crippen molar-refractivity contribution in [2.75, 3.05) is 32.1 Å². The number of rotatable bonds is 7. The zero-order chi connectivity index (χ0) is 18.5. The maximum Gasteiger partial charge on any atom is 0.247 e. The van der Waals surface area contributed by atoms with E-state index in [1.165, 1.54) is 18.4 Å².